The topological polar surface area (TPSA) is 74.6 Å². The van der Waals surface area contributed by atoms with Crippen molar-refractivity contribution >= 4 is 26.0 Å². The molecule has 0 saturated carbocycles. The van der Waals surface area contributed by atoms with E-state index in [0.717, 1.165) is 6.07 Å². The fraction of sp³-hybridized carbons (Fsp3) is 0.143. The molecule has 1 aromatic carbocycles. The van der Waals surface area contributed by atoms with Gasteiger partial charge in [-0.2, -0.15) is 8.42 Å². The van der Waals surface area contributed by atoms with Gasteiger partial charge in [0.15, 0.2) is 5.75 Å². The molecule has 2 N–H and O–H groups in total. The monoisotopic (exact) mass is 266 g/mol. The first kappa shape index (κ1) is 10.5. The quantitative estimate of drug-likeness (QED) is 0.759. The maximum absolute atomic E-state index is 10.7. The highest BCUT2D eigenvalue weighted by atomic mass is 79.9. The van der Waals surface area contributed by atoms with Crippen molar-refractivity contribution in [3.05, 3.63) is 22.2 Å². The fourth-order valence-electron chi connectivity index (χ4n) is 0.856. The summed E-state index contributed by atoms with van der Waals surface area (Å²) in [7, 11) is -4.35. The van der Waals surface area contributed by atoms with Crippen molar-refractivity contribution in [2.45, 2.75) is 11.8 Å². The summed E-state index contributed by atoms with van der Waals surface area (Å²) in [6.07, 6.45) is 0. The van der Waals surface area contributed by atoms with Crippen molar-refractivity contribution in [3.8, 4) is 5.75 Å². The minimum atomic E-state index is -4.35. The molecule has 6 heteroatoms. The number of benzene rings is 1. The number of aromatic hydroxyl groups is 1. The lowest BCUT2D eigenvalue weighted by Gasteiger charge is -2.04. The molecule has 0 aliphatic carbocycles. The summed E-state index contributed by atoms with van der Waals surface area (Å²) in [6, 6.07) is 2.62. The summed E-state index contributed by atoms with van der Waals surface area (Å²) in [4.78, 5) is -0.495. The van der Waals surface area contributed by atoms with E-state index >= 15 is 0 Å². The Morgan fingerprint density at radius 1 is 1.38 bits per heavy atom. The lowest BCUT2D eigenvalue weighted by Crippen LogP contribution is -1.99. The van der Waals surface area contributed by atoms with E-state index in [0.29, 0.717) is 5.56 Å². The Labute approximate surface area is 84.1 Å². The van der Waals surface area contributed by atoms with Gasteiger partial charge in [0.25, 0.3) is 10.1 Å². The highest BCUT2D eigenvalue weighted by Gasteiger charge is 2.17. The first-order valence-corrected chi connectivity index (χ1v) is 5.53. The number of hydrogen-bond donors (Lipinski definition) is 2. The summed E-state index contributed by atoms with van der Waals surface area (Å²) >= 11 is 3.00. The molecule has 1 rings (SSSR count). The highest BCUT2D eigenvalue weighted by molar-refractivity contribution is 9.10. The Hall–Kier alpha value is -0.590. The Kier molecular flexibility index (Phi) is 2.65. The van der Waals surface area contributed by atoms with E-state index in [9.17, 15) is 13.5 Å². The van der Waals surface area contributed by atoms with Crippen LogP contribution >= 0.6 is 15.9 Å². The zero-order valence-electron chi connectivity index (χ0n) is 6.65. The smallest absolute Gasteiger partial charge is 0.298 e. The molecule has 0 heterocycles. The standard InChI is InChI=1S/C7H7BrO4S/c1-4-2-3-5(13(10,11)12)7(9)6(4)8/h2-3,9H,1H3,(H,10,11,12). The zero-order valence-corrected chi connectivity index (χ0v) is 9.05. The molecule has 0 fully saturated rings. The second kappa shape index (κ2) is 3.28. The zero-order chi connectivity index (χ0) is 10.2. The largest absolute Gasteiger partial charge is 0.505 e. The average molecular weight is 267 g/mol. The molecule has 0 unspecified atom stereocenters. The first-order chi connectivity index (χ1) is 5.84. The SMILES string of the molecule is Cc1ccc(S(=O)(=O)O)c(O)c1Br. The van der Waals surface area contributed by atoms with E-state index in [-0.39, 0.29) is 4.47 Å². The lowest BCUT2D eigenvalue weighted by molar-refractivity contribution is 0.440. The maximum atomic E-state index is 10.7. The molecule has 0 spiro atoms. The molecule has 0 bridgehead atoms. The molecule has 0 radical (unpaired) electrons. The van der Waals surface area contributed by atoms with E-state index in [1.54, 1.807) is 6.92 Å². The van der Waals surface area contributed by atoms with Crippen LogP contribution in [0.2, 0.25) is 0 Å². The third-order valence-corrected chi connectivity index (χ3v) is 3.44. The van der Waals surface area contributed by atoms with E-state index in [2.05, 4.69) is 15.9 Å². The van der Waals surface area contributed by atoms with E-state index in [1.165, 1.54) is 6.07 Å². The summed E-state index contributed by atoms with van der Waals surface area (Å²) in [5.74, 6) is -0.470. The molecule has 0 aliphatic rings. The van der Waals surface area contributed by atoms with Gasteiger partial charge in [-0.1, -0.05) is 6.07 Å². The number of rotatable bonds is 1. The number of halogens is 1. The Bertz CT molecular complexity index is 438. The minimum absolute atomic E-state index is 0.266. The van der Waals surface area contributed by atoms with Crippen LogP contribution in [-0.2, 0) is 10.1 Å². The molecule has 72 valence electrons. The van der Waals surface area contributed by atoms with Crippen LogP contribution in [0.4, 0.5) is 0 Å². The normalized spacial score (nSPS) is 11.6. The molecule has 0 aromatic heterocycles. The molecular formula is C7H7BrO4S. The van der Waals surface area contributed by atoms with Gasteiger partial charge in [0, 0.05) is 0 Å². The lowest BCUT2D eigenvalue weighted by atomic mass is 10.2. The number of phenols is 1. The van der Waals surface area contributed by atoms with Crippen LogP contribution < -0.4 is 0 Å². The van der Waals surface area contributed by atoms with Crippen LogP contribution in [0.25, 0.3) is 0 Å². The Morgan fingerprint density at radius 2 is 1.92 bits per heavy atom. The van der Waals surface area contributed by atoms with Crippen LogP contribution in [0, 0.1) is 6.92 Å². The first-order valence-electron chi connectivity index (χ1n) is 3.29. The van der Waals surface area contributed by atoms with Crippen LogP contribution in [0.5, 0.6) is 5.75 Å². The van der Waals surface area contributed by atoms with Gasteiger partial charge in [0.05, 0.1) is 4.47 Å². The van der Waals surface area contributed by atoms with Crippen LogP contribution in [-0.4, -0.2) is 18.1 Å². The summed E-state index contributed by atoms with van der Waals surface area (Å²) in [5.41, 5.74) is 0.685. The summed E-state index contributed by atoms with van der Waals surface area (Å²) in [6.45, 7) is 1.69. The van der Waals surface area contributed by atoms with E-state index < -0.39 is 20.8 Å². The predicted molar refractivity (Wildman–Crippen MR) is 50.4 cm³/mol. The summed E-state index contributed by atoms with van der Waals surface area (Å²) in [5, 5.41) is 9.33. The molecule has 1 aromatic rings. The van der Waals surface area contributed by atoms with Gasteiger partial charge in [-0.05, 0) is 34.5 Å². The number of phenolic OH excluding ortho intramolecular Hbond substituents is 1. The fourth-order valence-corrected chi connectivity index (χ4v) is 1.92. The van der Waals surface area contributed by atoms with Crippen LogP contribution in [0.1, 0.15) is 5.56 Å². The molecule has 0 amide bonds. The van der Waals surface area contributed by atoms with Gasteiger partial charge in [0.1, 0.15) is 4.90 Å². The third kappa shape index (κ3) is 2.01. The molecule has 4 nitrogen and oxygen atoms in total. The number of hydrogen-bond acceptors (Lipinski definition) is 3. The van der Waals surface area contributed by atoms with E-state index in [4.69, 9.17) is 4.55 Å². The Morgan fingerprint density at radius 3 is 2.38 bits per heavy atom. The van der Waals surface area contributed by atoms with Crippen molar-refractivity contribution in [2.75, 3.05) is 0 Å². The van der Waals surface area contributed by atoms with Crippen molar-refractivity contribution in [1.82, 2.24) is 0 Å². The van der Waals surface area contributed by atoms with Crippen molar-refractivity contribution in [3.63, 3.8) is 0 Å². The van der Waals surface area contributed by atoms with E-state index in [1.807, 2.05) is 0 Å². The number of aryl methyl sites for hydroxylation is 1. The van der Waals surface area contributed by atoms with Gasteiger partial charge < -0.3 is 5.11 Å². The molecule has 0 saturated heterocycles. The van der Waals surface area contributed by atoms with Gasteiger partial charge in [0.2, 0.25) is 0 Å². The van der Waals surface area contributed by atoms with Crippen LogP contribution in [0.3, 0.4) is 0 Å². The molecule has 0 aliphatic heterocycles. The van der Waals surface area contributed by atoms with Crippen LogP contribution in [0.15, 0.2) is 21.5 Å². The van der Waals surface area contributed by atoms with Gasteiger partial charge in [-0.3, -0.25) is 4.55 Å². The van der Waals surface area contributed by atoms with Crippen molar-refractivity contribution in [2.24, 2.45) is 0 Å². The van der Waals surface area contributed by atoms with Gasteiger partial charge >= 0.3 is 0 Å². The third-order valence-electron chi connectivity index (χ3n) is 1.55. The maximum Gasteiger partial charge on any atom is 0.298 e. The predicted octanol–water partition coefficient (Wildman–Crippen LogP) is 1.71. The molecule has 0 atom stereocenters. The average Bonchev–Trinajstić information content (AvgIpc) is 1.98. The van der Waals surface area contributed by atoms with Gasteiger partial charge in [-0.15, -0.1) is 0 Å². The van der Waals surface area contributed by atoms with Crippen molar-refractivity contribution in [1.29, 1.82) is 0 Å². The minimum Gasteiger partial charge on any atom is -0.505 e. The van der Waals surface area contributed by atoms with Gasteiger partial charge in [-0.25, -0.2) is 0 Å². The second-order valence-corrected chi connectivity index (χ2v) is 4.70. The highest BCUT2D eigenvalue weighted by Crippen LogP contribution is 2.33. The Balaban J connectivity index is 3.53. The van der Waals surface area contributed by atoms with Crippen molar-refractivity contribution < 1.29 is 18.1 Å². The molecule has 13 heavy (non-hydrogen) atoms. The summed E-state index contributed by atoms with van der Waals surface area (Å²) < 4.78 is 30.3. The molecular weight excluding hydrogens is 260 g/mol. The second-order valence-electron chi connectivity index (χ2n) is 2.52.